The van der Waals surface area contributed by atoms with Crippen molar-refractivity contribution in [3.63, 3.8) is 0 Å². The first-order valence-corrected chi connectivity index (χ1v) is 8.41. The van der Waals surface area contributed by atoms with Crippen LogP contribution in [0.5, 0.6) is 0 Å². The van der Waals surface area contributed by atoms with Crippen molar-refractivity contribution in [2.24, 2.45) is 5.92 Å². The van der Waals surface area contributed by atoms with Crippen LogP contribution in [0.2, 0.25) is 0 Å². The van der Waals surface area contributed by atoms with Gasteiger partial charge in [0.15, 0.2) is 0 Å². The number of amides is 2. The Bertz CT molecular complexity index is 756. The summed E-state index contributed by atoms with van der Waals surface area (Å²) in [6.45, 7) is 2.96. The highest BCUT2D eigenvalue weighted by Crippen LogP contribution is 2.20. The molecule has 1 N–H and O–H groups in total. The van der Waals surface area contributed by atoms with E-state index in [4.69, 9.17) is 0 Å². The van der Waals surface area contributed by atoms with Gasteiger partial charge in [0, 0.05) is 25.2 Å². The van der Waals surface area contributed by atoms with Crippen molar-refractivity contribution >= 4 is 17.5 Å². The monoisotopic (exact) mass is 340 g/mol. The van der Waals surface area contributed by atoms with E-state index >= 15 is 0 Å². The first-order chi connectivity index (χ1) is 12.0. The third kappa shape index (κ3) is 4.44. The first-order valence-electron chi connectivity index (χ1n) is 8.41. The minimum atomic E-state index is -0.331. The molecule has 0 spiro atoms. The lowest BCUT2D eigenvalue weighted by atomic mass is 10.1. The zero-order chi connectivity index (χ0) is 17.8. The Kier molecular flexibility index (Phi) is 5.12. The summed E-state index contributed by atoms with van der Waals surface area (Å²) >= 11 is 0. The van der Waals surface area contributed by atoms with E-state index in [1.54, 1.807) is 17.0 Å². The Morgan fingerprint density at radius 3 is 2.52 bits per heavy atom. The maximum atomic E-state index is 12.9. The van der Waals surface area contributed by atoms with E-state index in [-0.39, 0.29) is 30.0 Å². The lowest BCUT2D eigenvalue weighted by Gasteiger charge is -2.16. The Morgan fingerprint density at radius 2 is 1.84 bits per heavy atom. The van der Waals surface area contributed by atoms with Crippen LogP contribution < -0.4 is 5.32 Å². The van der Waals surface area contributed by atoms with Crippen LogP contribution in [0, 0.1) is 18.7 Å². The second-order valence-corrected chi connectivity index (χ2v) is 6.47. The molecule has 0 saturated carbocycles. The number of hydrogen-bond donors (Lipinski definition) is 1. The fourth-order valence-electron chi connectivity index (χ4n) is 2.96. The zero-order valence-electron chi connectivity index (χ0n) is 14.2. The summed E-state index contributed by atoms with van der Waals surface area (Å²) in [6, 6.07) is 13.9. The van der Waals surface area contributed by atoms with Crippen molar-refractivity contribution in [1.29, 1.82) is 0 Å². The second-order valence-electron chi connectivity index (χ2n) is 6.47. The smallest absolute Gasteiger partial charge is 0.229 e. The maximum Gasteiger partial charge on any atom is 0.229 e. The van der Waals surface area contributed by atoms with E-state index in [9.17, 15) is 14.0 Å². The highest BCUT2D eigenvalue weighted by molar-refractivity contribution is 5.97. The van der Waals surface area contributed by atoms with Gasteiger partial charge in [-0.25, -0.2) is 4.39 Å². The molecule has 2 amide bonds. The van der Waals surface area contributed by atoms with E-state index in [2.05, 4.69) is 5.32 Å². The standard InChI is InChI=1S/C20H21FN2O2/c1-14-2-8-18(9-3-14)22-20(25)16-12-19(24)23(13-16)11-10-15-4-6-17(21)7-5-15/h2-9,16H,10-13H2,1H3,(H,22,25)/t16-/m0/s1. The Labute approximate surface area is 146 Å². The van der Waals surface area contributed by atoms with Gasteiger partial charge in [-0.1, -0.05) is 29.8 Å². The molecule has 4 nitrogen and oxygen atoms in total. The van der Waals surface area contributed by atoms with Crippen molar-refractivity contribution < 1.29 is 14.0 Å². The highest BCUT2D eigenvalue weighted by atomic mass is 19.1. The van der Waals surface area contributed by atoms with Crippen LogP contribution in [-0.4, -0.2) is 29.8 Å². The quantitative estimate of drug-likeness (QED) is 0.909. The maximum absolute atomic E-state index is 12.9. The SMILES string of the molecule is Cc1ccc(NC(=O)[C@H]2CC(=O)N(CCc3ccc(F)cc3)C2)cc1. The number of halogens is 1. The summed E-state index contributed by atoms with van der Waals surface area (Å²) in [4.78, 5) is 26.2. The van der Waals surface area contributed by atoms with E-state index in [1.165, 1.54) is 12.1 Å². The Balaban J connectivity index is 1.53. The summed E-state index contributed by atoms with van der Waals surface area (Å²) < 4.78 is 12.9. The molecule has 0 bridgehead atoms. The Morgan fingerprint density at radius 1 is 1.16 bits per heavy atom. The van der Waals surface area contributed by atoms with Crippen molar-refractivity contribution in [3.8, 4) is 0 Å². The van der Waals surface area contributed by atoms with Gasteiger partial charge in [-0.15, -0.1) is 0 Å². The number of rotatable bonds is 5. The normalized spacial score (nSPS) is 17.0. The molecule has 130 valence electrons. The van der Waals surface area contributed by atoms with Gasteiger partial charge in [-0.3, -0.25) is 9.59 Å². The van der Waals surface area contributed by atoms with E-state index in [0.717, 1.165) is 16.8 Å². The van der Waals surface area contributed by atoms with E-state index < -0.39 is 0 Å². The molecule has 1 atom stereocenters. The molecule has 0 radical (unpaired) electrons. The average molecular weight is 340 g/mol. The summed E-state index contributed by atoms with van der Waals surface area (Å²) in [5.74, 6) is -0.733. The molecular weight excluding hydrogens is 319 g/mol. The van der Waals surface area contributed by atoms with Crippen molar-refractivity contribution in [1.82, 2.24) is 4.90 Å². The molecule has 0 aliphatic carbocycles. The molecule has 1 aliphatic rings. The zero-order valence-corrected chi connectivity index (χ0v) is 14.2. The third-order valence-electron chi connectivity index (χ3n) is 4.49. The fraction of sp³-hybridized carbons (Fsp3) is 0.300. The number of carbonyl (C=O) groups excluding carboxylic acids is 2. The summed E-state index contributed by atoms with van der Waals surface area (Å²) in [7, 11) is 0. The summed E-state index contributed by atoms with van der Waals surface area (Å²) in [5, 5.41) is 2.87. The van der Waals surface area contributed by atoms with Crippen LogP contribution in [0.15, 0.2) is 48.5 Å². The van der Waals surface area contributed by atoms with Gasteiger partial charge in [0.2, 0.25) is 11.8 Å². The van der Waals surface area contributed by atoms with Crippen LogP contribution in [0.1, 0.15) is 17.5 Å². The first kappa shape index (κ1) is 17.1. The van der Waals surface area contributed by atoms with Crippen molar-refractivity contribution in [2.75, 3.05) is 18.4 Å². The molecular formula is C20H21FN2O2. The molecule has 1 heterocycles. The molecule has 3 rings (SSSR count). The number of benzene rings is 2. The van der Waals surface area contributed by atoms with Crippen LogP contribution >= 0.6 is 0 Å². The molecule has 25 heavy (non-hydrogen) atoms. The molecule has 2 aromatic carbocycles. The predicted octanol–water partition coefficient (Wildman–Crippen LogP) is 3.16. The van der Waals surface area contributed by atoms with Crippen LogP contribution in [-0.2, 0) is 16.0 Å². The number of aryl methyl sites for hydroxylation is 1. The molecule has 5 heteroatoms. The number of anilines is 1. The minimum absolute atomic E-state index is 0.00818. The lowest BCUT2D eigenvalue weighted by molar-refractivity contribution is -0.128. The molecule has 0 unspecified atom stereocenters. The number of hydrogen-bond acceptors (Lipinski definition) is 2. The predicted molar refractivity (Wildman–Crippen MR) is 94.6 cm³/mol. The lowest BCUT2D eigenvalue weighted by Crippen LogP contribution is -2.30. The van der Waals surface area contributed by atoms with Gasteiger partial charge >= 0.3 is 0 Å². The summed E-state index contributed by atoms with van der Waals surface area (Å²) in [6.07, 6.45) is 0.888. The van der Waals surface area contributed by atoms with Crippen LogP contribution in [0.25, 0.3) is 0 Å². The Hall–Kier alpha value is -2.69. The average Bonchev–Trinajstić information content (AvgIpc) is 2.97. The molecule has 1 aliphatic heterocycles. The number of nitrogens with zero attached hydrogens (tertiary/aromatic N) is 1. The number of carbonyl (C=O) groups is 2. The van der Waals surface area contributed by atoms with Gasteiger partial charge in [0.25, 0.3) is 0 Å². The van der Waals surface area contributed by atoms with Crippen molar-refractivity contribution in [3.05, 3.63) is 65.5 Å². The van der Waals surface area contributed by atoms with E-state index in [0.29, 0.717) is 19.5 Å². The van der Waals surface area contributed by atoms with E-state index in [1.807, 2.05) is 31.2 Å². The van der Waals surface area contributed by atoms with Gasteiger partial charge < -0.3 is 10.2 Å². The van der Waals surface area contributed by atoms with Crippen LogP contribution in [0.3, 0.4) is 0 Å². The molecule has 1 fully saturated rings. The van der Waals surface area contributed by atoms with Crippen molar-refractivity contribution in [2.45, 2.75) is 19.8 Å². The third-order valence-corrected chi connectivity index (χ3v) is 4.49. The molecule has 2 aromatic rings. The topological polar surface area (TPSA) is 49.4 Å². The highest BCUT2D eigenvalue weighted by Gasteiger charge is 2.33. The van der Waals surface area contributed by atoms with Gasteiger partial charge in [-0.2, -0.15) is 0 Å². The second kappa shape index (κ2) is 7.47. The van der Waals surface area contributed by atoms with Gasteiger partial charge in [0.1, 0.15) is 5.82 Å². The summed E-state index contributed by atoms with van der Waals surface area (Å²) in [5.41, 5.74) is 2.84. The van der Waals surface area contributed by atoms with Crippen LogP contribution in [0.4, 0.5) is 10.1 Å². The molecule has 0 aromatic heterocycles. The minimum Gasteiger partial charge on any atom is -0.342 e. The fourth-order valence-corrected chi connectivity index (χ4v) is 2.96. The number of nitrogens with one attached hydrogen (secondary N) is 1. The van der Waals surface area contributed by atoms with Gasteiger partial charge in [0.05, 0.1) is 5.92 Å². The number of likely N-dealkylation sites (tertiary alicyclic amines) is 1. The largest absolute Gasteiger partial charge is 0.342 e. The van der Waals surface area contributed by atoms with Gasteiger partial charge in [-0.05, 0) is 43.2 Å². The molecule has 1 saturated heterocycles.